The molecule has 0 aliphatic heterocycles. The second kappa shape index (κ2) is 5.57. The predicted octanol–water partition coefficient (Wildman–Crippen LogP) is 0.724. The number of carbonyl (C=O) groups excluding carboxylic acids is 2. The van der Waals surface area contributed by atoms with Crippen molar-refractivity contribution in [3.8, 4) is 0 Å². The normalized spacial score (nSPS) is 10.5. The Balaban J connectivity index is 2.91. The second-order valence-corrected chi connectivity index (χ2v) is 4.38. The van der Waals surface area contributed by atoms with Crippen LogP contribution in [0.25, 0.3) is 0 Å². The minimum atomic E-state index is -0.508. The summed E-state index contributed by atoms with van der Waals surface area (Å²) in [5, 5.41) is 0. The van der Waals surface area contributed by atoms with Gasteiger partial charge in [-0.25, -0.2) is 4.79 Å². The standard InChI is InChI=1S/C12H19N3O3/c1-8(2)14(3)11(16)7-15-6-9(13)5-10(15)12(17)18-4/h5-6,8H,7,13H2,1-4H3. The number of amides is 1. The summed E-state index contributed by atoms with van der Waals surface area (Å²) in [6, 6.07) is 1.60. The third-order valence-electron chi connectivity index (χ3n) is 2.79. The Morgan fingerprint density at radius 3 is 2.61 bits per heavy atom. The molecule has 0 spiro atoms. The zero-order chi connectivity index (χ0) is 13.9. The molecule has 1 aromatic rings. The van der Waals surface area contributed by atoms with Crippen LogP contribution in [-0.4, -0.2) is 41.5 Å². The van der Waals surface area contributed by atoms with Gasteiger partial charge in [0.1, 0.15) is 12.2 Å². The van der Waals surface area contributed by atoms with Crippen LogP contribution in [0.5, 0.6) is 0 Å². The van der Waals surface area contributed by atoms with Crippen molar-refractivity contribution in [2.75, 3.05) is 19.9 Å². The highest BCUT2D eigenvalue weighted by atomic mass is 16.5. The van der Waals surface area contributed by atoms with Crippen LogP contribution in [0.2, 0.25) is 0 Å². The van der Waals surface area contributed by atoms with Gasteiger partial charge in [-0.15, -0.1) is 0 Å². The van der Waals surface area contributed by atoms with E-state index in [4.69, 9.17) is 5.73 Å². The summed E-state index contributed by atoms with van der Waals surface area (Å²) >= 11 is 0. The molecule has 6 heteroatoms. The van der Waals surface area contributed by atoms with E-state index in [1.54, 1.807) is 18.1 Å². The number of nitrogen functional groups attached to an aromatic ring is 1. The average Bonchev–Trinajstić information content (AvgIpc) is 2.67. The van der Waals surface area contributed by atoms with Crippen molar-refractivity contribution in [2.24, 2.45) is 0 Å². The quantitative estimate of drug-likeness (QED) is 0.802. The highest BCUT2D eigenvalue weighted by molar-refractivity contribution is 5.89. The molecule has 1 heterocycles. The summed E-state index contributed by atoms with van der Waals surface area (Å²) < 4.78 is 6.14. The highest BCUT2D eigenvalue weighted by Crippen LogP contribution is 2.12. The number of anilines is 1. The molecule has 0 unspecified atom stereocenters. The summed E-state index contributed by atoms with van der Waals surface area (Å²) in [4.78, 5) is 25.1. The molecule has 100 valence electrons. The van der Waals surface area contributed by atoms with Crippen molar-refractivity contribution in [2.45, 2.75) is 26.4 Å². The molecule has 1 aromatic heterocycles. The third kappa shape index (κ3) is 3.03. The fraction of sp³-hybridized carbons (Fsp3) is 0.500. The molecule has 1 amide bonds. The summed E-state index contributed by atoms with van der Waals surface area (Å²) in [5.41, 5.74) is 6.33. The Kier molecular flexibility index (Phi) is 4.36. The molecule has 0 atom stereocenters. The van der Waals surface area contributed by atoms with E-state index in [2.05, 4.69) is 4.74 Å². The first-order valence-corrected chi connectivity index (χ1v) is 5.66. The Labute approximate surface area is 106 Å². The molecule has 0 radical (unpaired) electrons. The van der Waals surface area contributed by atoms with Crippen molar-refractivity contribution < 1.29 is 14.3 Å². The zero-order valence-corrected chi connectivity index (χ0v) is 11.1. The van der Waals surface area contributed by atoms with Crippen molar-refractivity contribution in [1.82, 2.24) is 9.47 Å². The van der Waals surface area contributed by atoms with E-state index in [-0.39, 0.29) is 24.2 Å². The molecule has 0 fully saturated rings. The topological polar surface area (TPSA) is 77.6 Å². The summed E-state index contributed by atoms with van der Waals surface area (Å²) in [5.74, 6) is -0.600. The SMILES string of the molecule is COC(=O)c1cc(N)cn1CC(=O)N(C)C(C)C. The van der Waals surface area contributed by atoms with E-state index in [1.165, 1.54) is 17.7 Å². The van der Waals surface area contributed by atoms with E-state index < -0.39 is 5.97 Å². The largest absolute Gasteiger partial charge is 0.464 e. The lowest BCUT2D eigenvalue weighted by Gasteiger charge is -2.22. The maximum Gasteiger partial charge on any atom is 0.354 e. The minimum Gasteiger partial charge on any atom is -0.464 e. The third-order valence-corrected chi connectivity index (χ3v) is 2.79. The van der Waals surface area contributed by atoms with Gasteiger partial charge in [-0.3, -0.25) is 4.79 Å². The van der Waals surface area contributed by atoms with Crippen LogP contribution in [0.4, 0.5) is 5.69 Å². The van der Waals surface area contributed by atoms with Crippen LogP contribution in [0.1, 0.15) is 24.3 Å². The van der Waals surface area contributed by atoms with Crippen LogP contribution in [0.15, 0.2) is 12.3 Å². The Bertz CT molecular complexity index is 451. The molecule has 0 aromatic carbocycles. The van der Waals surface area contributed by atoms with Gasteiger partial charge >= 0.3 is 5.97 Å². The lowest BCUT2D eigenvalue weighted by Crippen LogP contribution is -2.35. The summed E-state index contributed by atoms with van der Waals surface area (Å²) in [7, 11) is 3.01. The van der Waals surface area contributed by atoms with Gasteiger partial charge in [-0.05, 0) is 19.9 Å². The lowest BCUT2D eigenvalue weighted by atomic mass is 10.3. The first-order chi connectivity index (χ1) is 8.36. The van der Waals surface area contributed by atoms with Crippen molar-refractivity contribution in [3.05, 3.63) is 18.0 Å². The van der Waals surface area contributed by atoms with Crippen LogP contribution >= 0.6 is 0 Å². The molecule has 0 aliphatic carbocycles. The molecule has 2 N–H and O–H groups in total. The smallest absolute Gasteiger partial charge is 0.354 e. The summed E-state index contributed by atoms with van der Waals surface area (Å²) in [6.45, 7) is 3.91. The number of carbonyl (C=O) groups is 2. The molecule has 0 aliphatic rings. The number of aromatic nitrogens is 1. The number of likely N-dealkylation sites (N-methyl/N-ethyl adjacent to an activating group) is 1. The first-order valence-electron chi connectivity index (χ1n) is 5.66. The zero-order valence-electron chi connectivity index (χ0n) is 11.1. The molecule has 1 rings (SSSR count). The first kappa shape index (κ1) is 14.1. The van der Waals surface area contributed by atoms with E-state index >= 15 is 0 Å². The number of methoxy groups -OCH3 is 1. The molecule has 6 nitrogen and oxygen atoms in total. The van der Waals surface area contributed by atoms with Crippen molar-refractivity contribution in [3.63, 3.8) is 0 Å². The molecule has 0 saturated carbocycles. The molecular weight excluding hydrogens is 234 g/mol. The molecule has 18 heavy (non-hydrogen) atoms. The van der Waals surface area contributed by atoms with Gasteiger partial charge in [-0.1, -0.05) is 0 Å². The predicted molar refractivity (Wildman–Crippen MR) is 68.1 cm³/mol. The van der Waals surface area contributed by atoms with Gasteiger partial charge in [0.2, 0.25) is 5.91 Å². The van der Waals surface area contributed by atoms with Crippen molar-refractivity contribution >= 4 is 17.6 Å². The Hall–Kier alpha value is -1.98. The van der Waals surface area contributed by atoms with Gasteiger partial charge in [0, 0.05) is 19.3 Å². The van der Waals surface area contributed by atoms with Crippen LogP contribution < -0.4 is 5.73 Å². The maximum atomic E-state index is 11.9. The van der Waals surface area contributed by atoms with Gasteiger partial charge in [-0.2, -0.15) is 0 Å². The van der Waals surface area contributed by atoms with Crippen LogP contribution in [0, 0.1) is 0 Å². The molecule has 0 saturated heterocycles. The number of nitrogens with two attached hydrogens (primary N) is 1. The minimum absolute atomic E-state index is 0.0658. The van der Waals surface area contributed by atoms with Gasteiger partial charge in [0.05, 0.1) is 12.8 Å². The fourth-order valence-electron chi connectivity index (χ4n) is 1.48. The molecule has 0 bridgehead atoms. The fourth-order valence-corrected chi connectivity index (χ4v) is 1.48. The monoisotopic (exact) mass is 253 g/mol. The second-order valence-electron chi connectivity index (χ2n) is 4.38. The van der Waals surface area contributed by atoms with Gasteiger partial charge in [0.25, 0.3) is 0 Å². The van der Waals surface area contributed by atoms with E-state index in [9.17, 15) is 9.59 Å². The summed E-state index contributed by atoms with van der Waals surface area (Å²) in [6.07, 6.45) is 1.55. The maximum absolute atomic E-state index is 11.9. The van der Waals surface area contributed by atoms with Crippen LogP contribution in [-0.2, 0) is 16.1 Å². The number of hydrogen-bond acceptors (Lipinski definition) is 4. The van der Waals surface area contributed by atoms with Gasteiger partial charge in [0.15, 0.2) is 0 Å². The number of esters is 1. The number of ether oxygens (including phenoxy) is 1. The van der Waals surface area contributed by atoms with E-state index in [0.717, 1.165) is 0 Å². The Morgan fingerprint density at radius 1 is 1.50 bits per heavy atom. The Morgan fingerprint density at radius 2 is 2.11 bits per heavy atom. The van der Waals surface area contributed by atoms with E-state index in [0.29, 0.717) is 5.69 Å². The lowest BCUT2D eigenvalue weighted by molar-refractivity contribution is -0.132. The number of rotatable bonds is 4. The van der Waals surface area contributed by atoms with Crippen LogP contribution in [0.3, 0.4) is 0 Å². The number of hydrogen-bond donors (Lipinski definition) is 1. The highest BCUT2D eigenvalue weighted by Gasteiger charge is 2.18. The van der Waals surface area contributed by atoms with Crippen molar-refractivity contribution in [1.29, 1.82) is 0 Å². The molecular formula is C12H19N3O3. The average molecular weight is 253 g/mol. The number of nitrogens with zero attached hydrogens (tertiary/aromatic N) is 2. The van der Waals surface area contributed by atoms with E-state index in [1.807, 2.05) is 13.8 Å². The van der Waals surface area contributed by atoms with Gasteiger partial charge < -0.3 is 19.9 Å².